The Labute approximate surface area is 145 Å². The first-order valence-electron chi connectivity index (χ1n) is 6.66. The summed E-state index contributed by atoms with van der Waals surface area (Å²) in [5.74, 6) is 1.23. The summed E-state index contributed by atoms with van der Waals surface area (Å²) >= 11 is 10.8. The summed E-state index contributed by atoms with van der Waals surface area (Å²) < 4.78 is 10.6. The van der Waals surface area contributed by atoms with Gasteiger partial charge >= 0.3 is 0 Å². The number of nitrogens with two attached hydrogens (primary N) is 1. The summed E-state index contributed by atoms with van der Waals surface area (Å²) in [6.45, 7) is 0. The van der Waals surface area contributed by atoms with Crippen LogP contribution in [0.1, 0.15) is 11.1 Å². The predicted molar refractivity (Wildman–Crippen MR) is 96.6 cm³/mol. The largest absolute Gasteiger partial charge is 0.493 e. The first-order chi connectivity index (χ1) is 11.0. The molecule has 0 bridgehead atoms. The molecular formula is C16H16ClN3O2S. The maximum Gasteiger partial charge on any atom is 0.184 e. The van der Waals surface area contributed by atoms with Crippen molar-refractivity contribution in [2.75, 3.05) is 14.2 Å². The summed E-state index contributed by atoms with van der Waals surface area (Å²) in [5, 5.41) is 5.01. The molecule has 0 atom stereocenters. The van der Waals surface area contributed by atoms with Crippen LogP contribution in [0.3, 0.4) is 0 Å². The third-order valence-electron chi connectivity index (χ3n) is 3.05. The van der Waals surface area contributed by atoms with Crippen LogP contribution in [0, 0.1) is 0 Å². The predicted octanol–water partition coefficient (Wildman–Crippen LogP) is 2.94. The monoisotopic (exact) mass is 349 g/mol. The quantitative estimate of drug-likeness (QED) is 0.493. The molecule has 0 heterocycles. The van der Waals surface area contributed by atoms with Crippen LogP contribution >= 0.6 is 23.8 Å². The molecule has 0 radical (unpaired) electrons. The molecule has 0 unspecified atom stereocenters. The molecule has 0 amide bonds. The van der Waals surface area contributed by atoms with Gasteiger partial charge in [0.1, 0.15) is 0 Å². The van der Waals surface area contributed by atoms with Gasteiger partial charge in [-0.3, -0.25) is 5.43 Å². The Bertz CT molecular complexity index is 733. The molecule has 0 saturated heterocycles. The van der Waals surface area contributed by atoms with Gasteiger partial charge in [-0.15, -0.1) is 0 Å². The number of nitrogens with one attached hydrogen (secondary N) is 1. The highest BCUT2D eigenvalue weighted by Gasteiger charge is 2.12. The molecule has 23 heavy (non-hydrogen) atoms. The van der Waals surface area contributed by atoms with Gasteiger partial charge < -0.3 is 15.2 Å². The minimum absolute atomic E-state index is 0.0805. The number of methoxy groups -OCH3 is 2. The summed E-state index contributed by atoms with van der Waals surface area (Å²) in [6, 6.07) is 12.8. The third kappa shape index (κ3) is 4.34. The first-order valence-corrected chi connectivity index (χ1v) is 7.45. The SMILES string of the molecule is COc1ccc(/C(=N\NC(N)=S)c2ccc(Cl)cc2)cc1OC. The van der Waals surface area contributed by atoms with Gasteiger partial charge in [-0.25, -0.2) is 0 Å². The van der Waals surface area contributed by atoms with Gasteiger partial charge in [0, 0.05) is 16.1 Å². The van der Waals surface area contributed by atoms with E-state index in [1.165, 1.54) is 0 Å². The summed E-state index contributed by atoms with van der Waals surface area (Å²) in [4.78, 5) is 0. The highest BCUT2D eigenvalue weighted by Crippen LogP contribution is 2.28. The molecule has 0 aliphatic heterocycles. The van der Waals surface area contributed by atoms with Crippen molar-refractivity contribution < 1.29 is 9.47 Å². The normalized spacial score (nSPS) is 11.0. The van der Waals surface area contributed by atoms with Crippen LogP contribution in [0.5, 0.6) is 11.5 Å². The Kier molecular flexibility index (Phi) is 5.78. The molecule has 2 rings (SSSR count). The molecule has 0 aliphatic rings. The molecule has 2 aromatic rings. The lowest BCUT2D eigenvalue weighted by Crippen LogP contribution is -2.26. The highest BCUT2D eigenvalue weighted by atomic mass is 35.5. The zero-order chi connectivity index (χ0) is 16.8. The summed E-state index contributed by atoms with van der Waals surface area (Å²) in [5.41, 5.74) is 10.4. The number of benzene rings is 2. The molecule has 5 nitrogen and oxygen atoms in total. The van der Waals surface area contributed by atoms with Gasteiger partial charge in [0.05, 0.1) is 19.9 Å². The van der Waals surface area contributed by atoms with E-state index >= 15 is 0 Å². The van der Waals surface area contributed by atoms with E-state index in [0.717, 1.165) is 11.1 Å². The Balaban J connectivity index is 2.51. The summed E-state index contributed by atoms with van der Waals surface area (Å²) in [7, 11) is 3.16. The number of nitrogens with zero attached hydrogens (tertiary/aromatic N) is 1. The van der Waals surface area contributed by atoms with Crippen molar-refractivity contribution in [3.8, 4) is 11.5 Å². The second kappa shape index (κ2) is 7.80. The van der Waals surface area contributed by atoms with Crippen LogP contribution < -0.4 is 20.6 Å². The molecule has 2 aromatic carbocycles. The molecule has 0 aromatic heterocycles. The number of hydrazone groups is 1. The van der Waals surface area contributed by atoms with E-state index in [0.29, 0.717) is 22.2 Å². The Morgan fingerprint density at radius 2 is 1.65 bits per heavy atom. The minimum atomic E-state index is 0.0805. The lowest BCUT2D eigenvalue weighted by atomic mass is 10.0. The zero-order valence-electron chi connectivity index (χ0n) is 12.7. The second-order valence-corrected chi connectivity index (χ2v) is 5.39. The lowest BCUT2D eigenvalue weighted by Gasteiger charge is -2.12. The fourth-order valence-corrected chi connectivity index (χ4v) is 2.17. The van der Waals surface area contributed by atoms with E-state index in [2.05, 4.69) is 10.5 Å². The maximum absolute atomic E-state index is 5.94. The van der Waals surface area contributed by atoms with Crippen molar-refractivity contribution in [3.63, 3.8) is 0 Å². The van der Waals surface area contributed by atoms with Gasteiger partial charge in [0.2, 0.25) is 0 Å². The van der Waals surface area contributed by atoms with Crippen LogP contribution in [0.4, 0.5) is 0 Å². The van der Waals surface area contributed by atoms with Crippen molar-refractivity contribution in [3.05, 3.63) is 58.6 Å². The standard InChI is InChI=1S/C16H16ClN3O2S/c1-21-13-8-5-11(9-14(13)22-2)15(19-20-16(18)23)10-3-6-12(17)7-4-10/h3-9H,1-2H3,(H3,18,20,23)/b19-15-. The van der Waals surface area contributed by atoms with Gasteiger partial charge in [0.25, 0.3) is 0 Å². The van der Waals surface area contributed by atoms with Gasteiger partial charge in [-0.05, 0) is 42.5 Å². The topological polar surface area (TPSA) is 68.9 Å². The van der Waals surface area contributed by atoms with Crippen molar-refractivity contribution in [1.82, 2.24) is 5.43 Å². The molecule has 3 N–H and O–H groups in total. The summed E-state index contributed by atoms with van der Waals surface area (Å²) in [6.07, 6.45) is 0. The first kappa shape index (κ1) is 17.1. The van der Waals surface area contributed by atoms with E-state index in [1.807, 2.05) is 24.3 Å². The number of ether oxygens (including phenoxy) is 2. The Morgan fingerprint density at radius 3 is 2.22 bits per heavy atom. The van der Waals surface area contributed by atoms with Gasteiger partial charge in [-0.2, -0.15) is 5.10 Å². The highest BCUT2D eigenvalue weighted by molar-refractivity contribution is 7.80. The van der Waals surface area contributed by atoms with E-state index in [1.54, 1.807) is 32.4 Å². The molecule has 0 saturated carbocycles. The Hall–Kier alpha value is -2.31. The molecule has 0 fully saturated rings. The minimum Gasteiger partial charge on any atom is -0.493 e. The van der Waals surface area contributed by atoms with Crippen LogP contribution in [-0.4, -0.2) is 25.0 Å². The number of hydrogen-bond donors (Lipinski definition) is 2. The third-order valence-corrected chi connectivity index (χ3v) is 3.40. The molecule has 0 aliphatic carbocycles. The van der Waals surface area contributed by atoms with Crippen LogP contribution in [0.2, 0.25) is 5.02 Å². The lowest BCUT2D eigenvalue weighted by molar-refractivity contribution is 0.355. The average molecular weight is 350 g/mol. The number of halogens is 1. The van der Waals surface area contributed by atoms with Gasteiger partial charge in [-0.1, -0.05) is 23.7 Å². The Morgan fingerprint density at radius 1 is 1.04 bits per heavy atom. The molecule has 7 heteroatoms. The van der Waals surface area contributed by atoms with E-state index in [9.17, 15) is 0 Å². The molecule has 0 spiro atoms. The smallest absolute Gasteiger partial charge is 0.184 e. The van der Waals surface area contributed by atoms with Crippen LogP contribution in [0.15, 0.2) is 47.6 Å². The molecular weight excluding hydrogens is 334 g/mol. The maximum atomic E-state index is 5.94. The fourth-order valence-electron chi connectivity index (χ4n) is 2.00. The average Bonchev–Trinajstić information content (AvgIpc) is 2.56. The fraction of sp³-hybridized carbons (Fsp3) is 0.125. The van der Waals surface area contributed by atoms with E-state index in [-0.39, 0.29) is 5.11 Å². The van der Waals surface area contributed by atoms with Crippen molar-refractivity contribution in [1.29, 1.82) is 0 Å². The van der Waals surface area contributed by atoms with Crippen molar-refractivity contribution in [2.24, 2.45) is 10.8 Å². The van der Waals surface area contributed by atoms with E-state index in [4.69, 9.17) is 39.0 Å². The zero-order valence-corrected chi connectivity index (χ0v) is 14.2. The van der Waals surface area contributed by atoms with Crippen LogP contribution in [0.25, 0.3) is 0 Å². The van der Waals surface area contributed by atoms with Crippen LogP contribution in [-0.2, 0) is 0 Å². The second-order valence-electron chi connectivity index (χ2n) is 4.51. The number of hydrogen-bond acceptors (Lipinski definition) is 4. The van der Waals surface area contributed by atoms with Crippen molar-refractivity contribution >= 4 is 34.6 Å². The van der Waals surface area contributed by atoms with E-state index < -0.39 is 0 Å². The van der Waals surface area contributed by atoms with Crippen molar-refractivity contribution in [2.45, 2.75) is 0 Å². The number of rotatable bonds is 5. The molecule has 120 valence electrons. The van der Waals surface area contributed by atoms with Gasteiger partial charge in [0.15, 0.2) is 16.6 Å². The number of thiocarbonyl (C=S) groups is 1.